The van der Waals surface area contributed by atoms with Gasteiger partial charge in [-0.1, -0.05) is 37.3 Å². The van der Waals surface area contributed by atoms with Crippen molar-refractivity contribution in [1.82, 2.24) is 4.90 Å². The van der Waals surface area contributed by atoms with Crippen molar-refractivity contribution in [3.05, 3.63) is 35.9 Å². The average molecular weight is 309 g/mol. The molecule has 0 N–H and O–H groups in total. The van der Waals surface area contributed by atoms with E-state index in [2.05, 4.69) is 0 Å². The minimum Gasteiger partial charge on any atom is -0.378 e. The fourth-order valence-electron chi connectivity index (χ4n) is 2.44. The SMILES string of the molecule is CC(CC(=O)N1CCOCC1)CS(=O)Cc1ccccc1. The highest BCUT2D eigenvalue weighted by atomic mass is 32.2. The first-order valence-electron chi connectivity index (χ1n) is 7.39. The van der Waals surface area contributed by atoms with Gasteiger partial charge in [-0.05, 0) is 11.5 Å². The zero-order chi connectivity index (χ0) is 15.1. The van der Waals surface area contributed by atoms with Crippen LogP contribution >= 0.6 is 0 Å². The van der Waals surface area contributed by atoms with Gasteiger partial charge in [-0.15, -0.1) is 0 Å². The molecule has 0 aliphatic carbocycles. The molecular weight excluding hydrogens is 286 g/mol. The summed E-state index contributed by atoms with van der Waals surface area (Å²) in [4.78, 5) is 14.0. The van der Waals surface area contributed by atoms with E-state index in [1.807, 2.05) is 42.2 Å². The molecule has 0 spiro atoms. The molecule has 116 valence electrons. The maximum atomic E-state index is 12.1. The van der Waals surface area contributed by atoms with Crippen LogP contribution in [0.3, 0.4) is 0 Å². The summed E-state index contributed by atoms with van der Waals surface area (Å²) in [6, 6.07) is 9.84. The van der Waals surface area contributed by atoms with Crippen molar-refractivity contribution >= 4 is 16.7 Å². The number of carbonyl (C=O) groups is 1. The molecule has 4 nitrogen and oxygen atoms in total. The van der Waals surface area contributed by atoms with Crippen LogP contribution in [0.1, 0.15) is 18.9 Å². The number of nitrogens with zero attached hydrogens (tertiary/aromatic N) is 1. The van der Waals surface area contributed by atoms with Gasteiger partial charge in [-0.2, -0.15) is 0 Å². The largest absolute Gasteiger partial charge is 0.378 e. The standard InChI is InChI=1S/C16H23NO3S/c1-14(11-16(18)17-7-9-20-10-8-17)12-21(19)13-15-5-3-2-4-6-15/h2-6,14H,7-13H2,1H3. The monoisotopic (exact) mass is 309 g/mol. The second-order valence-corrected chi connectivity index (χ2v) is 7.04. The second kappa shape index (κ2) is 8.29. The van der Waals surface area contributed by atoms with Crippen molar-refractivity contribution in [2.45, 2.75) is 19.1 Å². The lowest BCUT2D eigenvalue weighted by atomic mass is 10.1. The second-order valence-electron chi connectivity index (χ2n) is 5.54. The predicted octanol–water partition coefficient (Wildman–Crippen LogP) is 1.82. The number of hydrogen-bond acceptors (Lipinski definition) is 3. The Hall–Kier alpha value is -1.20. The molecule has 2 unspecified atom stereocenters. The number of benzene rings is 1. The van der Waals surface area contributed by atoms with Gasteiger partial charge >= 0.3 is 0 Å². The Morgan fingerprint density at radius 3 is 2.62 bits per heavy atom. The normalized spacial score (nSPS) is 18.2. The molecular formula is C16H23NO3S. The number of carbonyl (C=O) groups excluding carboxylic acids is 1. The van der Waals surface area contributed by atoms with Gasteiger partial charge in [0, 0.05) is 41.8 Å². The molecule has 1 aliphatic heterocycles. The molecule has 1 aromatic rings. The summed E-state index contributed by atoms with van der Waals surface area (Å²) in [6.45, 7) is 4.61. The van der Waals surface area contributed by atoms with Gasteiger partial charge in [0.1, 0.15) is 0 Å². The number of morpholine rings is 1. The van der Waals surface area contributed by atoms with E-state index in [-0.39, 0.29) is 11.8 Å². The van der Waals surface area contributed by atoms with Crippen molar-refractivity contribution in [3.63, 3.8) is 0 Å². The van der Waals surface area contributed by atoms with Gasteiger partial charge < -0.3 is 9.64 Å². The molecule has 0 saturated carbocycles. The van der Waals surface area contributed by atoms with Crippen LogP contribution in [0.5, 0.6) is 0 Å². The van der Waals surface area contributed by atoms with Crippen LogP contribution in [-0.4, -0.2) is 47.1 Å². The van der Waals surface area contributed by atoms with Gasteiger partial charge in [0.15, 0.2) is 0 Å². The van der Waals surface area contributed by atoms with Crippen molar-refractivity contribution < 1.29 is 13.7 Å². The zero-order valence-electron chi connectivity index (χ0n) is 12.5. The maximum absolute atomic E-state index is 12.1. The van der Waals surface area contributed by atoms with E-state index in [0.717, 1.165) is 5.56 Å². The molecule has 0 bridgehead atoms. The van der Waals surface area contributed by atoms with Crippen molar-refractivity contribution in [1.29, 1.82) is 0 Å². The van der Waals surface area contributed by atoms with Crippen LogP contribution in [0, 0.1) is 5.92 Å². The third-order valence-electron chi connectivity index (χ3n) is 3.53. The van der Waals surface area contributed by atoms with E-state index in [0.29, 0.717) is 44.2 Å². The topological polar surface area (TPSA) is 46.6 Å². The molecule has 5 heteroatoms. The number of rotatable bonds is 6. The molecule has 1 saturated heterocycles. The molecule has 2 rings (SSSR count). The van der Waals surface area contributed by atoms with Gasteiger partial charge in [0.2, 0.25) is 5.91 Å². The molecule has 0 radical (unpaired) electrons. The van der Waals surface area contributed by atoms with Gasteiger partial charge in [-0.3, -0.25) is 9.00 Å². The summed E-state index contributed by atoms with van der Waals surface area (Å²) in [7, 11) is -0.918. The summed E-state index contributed by atoms with van der Waals surface area (Å²) in [5.41, 5.74) is 1.09. The van der Waals surface area contributed by atoms with Crippen LogP contribution in [0.15, 0.2) is 30.3 Å². The molecule has 1 aliphatic rings. The van der Waals surface area contributed by atoms with E-state index < -0.39 is 10.8 Å². The highest BCUT2D eigenvalue weighted by molar-refractivity contribution is 7.84. The van der Waals surface area contributed by atoms with E-state index in [1.54, 1.807) is 0 Å². The van der Waals surface area contributed by atoms with Crippen molar-refractivity contribution in [2.75, 3.05) is 32.1 Å². The van der Waals surface area contributed by atoms with E-state index in [1.165, 1.54) is 0 Å². The molecule has 1 heterocycles. The first-order valence-corrected chi connectivity index (χ1v) is 8.88. The summed E-state index contributed by atoms with van der Waals surface area (Å²) in [6.07, 6.45) is 0.473. The van der Waals surface area contributed by atoms with Crippen LogP contribution < -0.4 is 0 Å². The Labute approximate surface area is 128 Å². The third kappa shape index (κ3) is 5.59. The number of ether oxygens (including phenoxy) is 1. The number of hydrogen-bond donors (Lipinski definition) is 0. The molecule has 1 aromatic carbocycles. The average Bonchev–Trinajstić information content (AvgIpc) is 2.48. The molecule has 1 amide bonds. The smallest absolute Gasteiger partial charge is 0.223 e. The van der Waals surface area contributed by atoms with Crippen LogP contribution in [0.25, 0.3) is 0 Å². The summed E-state index contributed by atoms with van der Waals surface area (Å²) < 4.78 is 17.4. The fraction of sp³-hybridized carbons (Fsp3) is 0.562. The first kappa shape index (κ1) is 16.2. The zero-order valence-corrected chi connectivity index (χ0v) is 13.3. The Bertz CT molecular complexity index is 472. The highest BCUT2D eigenvalue weighted by Gasteiger charge is 2.20. The summed E-state index contributed by atoms with van der Waals surface area (Å²) in [5.74, 6) is 1.44. The van der Waals surface area contributed by atoms with Crippen molar-refractivity contribution in [3.8, 4) is 0 Å². The Balaban J connectivity index is 1.74. The summed E-state index contributed by atoms with van der Waals surface area (Å²) >= 11 is 0. The predicted molar refractivity (Wildman–Crippen MR) is 84.3 cm³/mol. The minimum absolute atomic E-state index is 0.143. The molecule has 2 atom stereocenters. The number of amides is 1. The maximum Gasteiger partial charge on any atom is 0.223 e. The lowest BCUT2D eigenvalue weighted by Crippen LogP contribution is -2.41. The highest BCUT2D eigenvalue weighted by Crippen LogP contribution is 2.11. The van der Waals surface area contributed by atoms with Crippen LogP contribution in [0.4, 0.5) is 0 Å². The van der Waals surface area contributed by atoms with Crippen LogP contribution in [-0.2, 0) is 26.1 Å². The first-order chi connectivity index (χ1) is 10.1. The minimum atomic E-state index is -0.918. The van der Waals surface area contributed by atoms with Crippen LogP contribution in [0.2, 0.25) is 0 Å². The van der Waals surface area contributed by atoms with Gasteiger partial charge in [0.25, 0.3) is 0 Å². The van der Waals surface area contributed by atoms with E-state index in [4.69, 9.17) is 4.74 Å². The Morgan fingerprint density at radius 2 is 1.95 bits per heavy atom. The lowest BCUT2D eigenvalue weighted by Gasteiger charge is -2.27. The Kier molecular flexibility index (Phi) is 6.39. The fourth-order valence-corrected chi connectivity index (χ4v) is 3.87. The third-order valence-corrected chi connectivity index (χ3v) is 5.12. The van der Waals surface area contributed by atoms with Gasteiger partial charge in [0.05, 0.1) is 13.2 Å². The van der Waals surface area contributed by atoms with Gasteiger partial charge in [-0.25, -0.2) is 0 Å². The molecule has 0 aromatic heterocycles. The van der Waals surface area contributed by atoms with E-state index >= 15 is 0 Å². The lowest BCUT2D eigenvalue weighted by molar-refractivity contribution is -0.135. The summed E-state index contributed by atoms with van der Waals surface area (Å²) in [5, 5.41) is 0. The quantitative estimate of drug-likeness (QED) is 0.805. The Morgan fingerprint density at radius 1 is 1.29 bits per heavy atom. The molecule has 1 fully saturated rings. The van der Waals surface area contributed by atoms with Crippen molar-refractivity contribution in [2.24, 2.45) is 5.92 Å². The van der Waals surface area contributed by atoms with E-state index in [9.17, 15) is 9.00 Å². The molecule has 21 heavy (non-hydrogen) atoms.